The molecule has 0 aromatic heterocycles. The molecule has 0 atom stereocenters. The van der Waals surface area contributed by atoms with E-state index in [9.17, 15) is 13.2 Å². The topological polar surface area (TPSA) is 75.7 Å². The Morgan fingerprint density at radius 1 is 1.13 bits per heavy atom. The normalized spacial score (nSPS) is 15.7. The molecule has 0 aliphatic carbocycles. The zero-order chi connectivity index (χ0) is 21.6. The Labute approximate surface area is 179 Å². The summed E-state index contributed by atoms with van der Waals surface area (Å²) in [4.78, 5) is 12.7. The van der Waals surface area contributed by atoms with Gasteiger partial charge in [-0.2, -0.15) is 4.31 Å². The van der Waals surface area contributed by atoms with Crippen molar-refractivity contribution in [2.24, 2.45) is 5.92 Å². The maximum Gasteiger partial charge on any atom is 0.251 e. The molecule has 0 spiro atoms. The molecule has 30 heavy (non-hydrogen) atoms. The molecule has 3 rings (SSSR count). The number of aryl methyl sites for hydroxylation is 1. The number of nitrogens with one attached hydrogen (secondary N) is 1. The number of sulfonamides is 1. The number of hydrogen-bond donors (Lipinski definition) is 1. The monoisotopic (exact) mass is 430 g/mol. The van der Waals surface area contributed by atoms with Crippen LogP contribution in [0.5, 0.6) is 5.75 Å². The molecule has 0 unspecified atom stereocenters. The van der Waals surface area contributed by atoms with Crippen LogP contribution in [0.1, 0.15) is 42.1 Å². The second-order valence-corrected chi connectivity index (χ2v) is 9.72. The maximum atomic E-state index is 12.9. The first-order valence-electron chi connectivity index (χ1n) is 10.4. The number of carbonyl (C=O) groups is 1. The van der Waals surface area contributed by atoms with Gasteiger partial charge in [-0.25, -0.2) is 8.42 Å². The minimum absolute atomic E-state index is 0.179. The first kappa shape index (κ1) is 22.3. The highest BCUT2D eigenvalue weighted by molar-refractivity contribution is 7.89. The molecule has 6 nitrogen and oxygen atoms in total. The molecule has 1 fully saturated rings. The van der Waals surface area contributed by atoms with Gasteiger partial charge < -0.3 is 10.1 Å². The van der Waals surface area contributed by atoms with Crippen LogP contribution in [0, 0.1) is 5.92 Å². The molecule has 2 aromatic rings. The van der Waals surface area contributed by atoms with Crippen molar-refractivity contribution < 1.29 is 17.9 Å². The largest absolute Gasteiger partial charge is 0.496 e. The van der Waals surface area contributed by atoms with Gasteiger partial charge in [-0.05, 0) is 61.4 Å². The van der Waals surface area contributed by atoms with Crippen LogP contribution >= 0.6 is 0 Å². The van der Waals surface area contributed by atoms with E-state index in [1.54, 1.807) is 25.3 Å². The van der Waals surface area contributed by atoms with E-state index in [4.69, 9.17) is 4.74 Å². The zero-order valence-corrected chi connectivity index (χ0v) is 18.5. The van der Waals surface area contributed by atoms with Crippen molar-refractivity contribution in [3.05, 3.63) is 59.7 Å². The predicted octanol–water partition coefficient (Wildman–Crippen LogP) is 3.48. The maximum absolute atomic E-state index is 12.9. The van der Waals surface area contributed by atoms with Crippen molar-refractivity contribution in [3.8, 4) is 5.75 Å². The minimum Gasteiger partial charge on any atom is -0.496 e. The van der Waals surface area contributed by atoms with E-state index in [2.05, 4.69) is 12.2 Å². The molecule has 162 valence electrons. The smallest absolute Gasteiger partial charge is 0.251 e. The van der Waals surface area contributed by atoms with Gasteiger partial charge in [-0.3, -0.25) is 4.79 Å². The average Bonchev–Trinajstić information content (AvgIpc) is 2.77. The summed E-state index contributed by atoms with van der Waals surface area (Å²) < 4.78 is 32.7. The Kier molecular flexibility index (Phi) is 7.50. The van der Waals surface area contributed by atoms with Crippen molar-refractivity contribution in [2.75, 3.05) is 26.7 Å². The van der Waals surface area contributed by atoms with Crippen molar-refractivity contribution >= 4 is 15.9 Å². The summed E-state index contributed by atoms with van der Waals surface area (Å²) in [5.41, 5.74) is 1.46. The number of para-hydroxylation sites is 1. The number of nitrogens with zero attached hydrogens (tertiary/aromatic N) is 1. The van der Waals surface area contributed by atoms with Crippen LogP contribution in [0.3, 0.4) is 0 Å². The minimum atomic E-state index is -3.57. The van der Waals surface area contributed by atoms with Crippen LogP contribution in [-0.2, 0) is 16.4 Å². The number of benzene rings is 2. The lowest BCUT2D eigenvalue weighted by atomic mass is 10.0. The number of methoxy groups -OCH3 is 1. The molecule has 1 aliphatic rings. The van der Waals surface area contributed by atoms with Crippen LogP contribution < -0.4 is 10.1 Å². The quantitative estimate of drug-likeness (QED) is 0.651. The van der Waals surface area contributed by atoms with Gasteiger partial charge in [-0.1, -0.05) is 31.2 Å². The number of amides is 1. The Balaban J connectivity index is 1.58. The standard InChI is InChI=1S/C23H30N2O4S/c1-18-12-15-25(16-13-18)30(27,28)21-10-5-8-20(17-21)23(26)24-14-6-9-19-7-3-4-11-22(19)29-2/h3-5,7-8,10-11,17-18H,6,9,12-16H2,1-2H3,(H,24,26). The van der Waals surface area contributed by atoms with Crippen LogP contribution in [0.2, 0.25) is 0 Å². The molecular weight excluding hydrogens is 400 g/mol. The molecule has 1 N–H and O–H groups in total. The Morgan fingerprint density at radius 2 is 1.87 bits per heavy atom. The van der Waals surface area contributed by atoms with Crippen molar-refractivity contribution in [1.82, 2.24) is 9.62 Å². The highest BCUT2D eigenvalue weighted by atomic mass is 32.2. The molecule has 7 heteroatoms. The van der Waals surface area contributed by atoms with Crippen LogP contribution in [0.25, 0.3) is 0 Å². The molecule has 0 bridgehead atoms. The SMILES string of the molecule is COc1ccccc1CCCNC(=O)c1cccc(S(=O)(=O)N2CCC(C)CC2)c1. The van der Waals surface area contributed by atoms with Gasteiger partial charge in [0.15, 0.2) is 0 Å². The fourth-order valence-electron chi connectivity index (χ4n) is 3.66. The lowest BCUT2D eigenvalue weighted by Gasteiger charge is -2.29. The Morgan fingerprint density at radius 3 is 2.60 bits per heavy atom. The van der Waals surface area contributed by atoms with E-state index in [0.29, 0.717) is 31.1 Å². The van der Waals surface area contributed by atoms with E-state index in [1.807, 2.05) is 24.3 Å². The second-order valence-electron chi connectivity index (χ2n) is 7.79. The molecule has 1 aliphatic heterocycles. The summed E-state index contributed by atoms with van der Waals surface area (Å²) in [5, 5.41) is 2.88. The summed E-state index contributed by atoms with van der Waals surface area (Å²) in [5.74, 6) is 1.12. The van der Waals surface area contributed by atoms with Crippen molar-refractivity contribution in [3.63, 3.8) is 0 Å². The molecule has 0 saturated carbocycles. The van der Waals surface area contributed by atoms with Crippen molar-refractivity contribution in [2.45, 2.75) is 37.5 Å². The number of piperidine rings is 1. The van der Waals surface area contributed by atoms with Crippen LogP contribution in [0.4, 0.5) is 0 Å². The number of rotatable bonds is 8. The number of carbonyl (C=O) groups excluding carboxylic acids is 1. The molecular formula is C23H30N2O4S. The van der Waals surface area contributed by atoms with E-state index >= 15 is 0 Å². The zero-order valence-electron chi connectivity index (χ0n) is 17.6. The summed E-state index contributed by atoms with van der Waals surface area (Å²) in [6.45, 7) is 3.70. The van der Waals surface area contributed by atoms with Crippen molar-refractivity contribution in [1.29, 1.82) is 0 Å². The summed E-state index contributed by atoms with van der Waals surface area (Å²) in [7, 11) is -1.93. The summed E-state index contributed by atoms with van der Waals surface area (Å²) in [6, 6.07) is 14.1. The highest BCUT2D eigenvalue weighted by Gasteiger charge is 2.28. The molecule has 0 radical (unpaired) electrons. The predicted molar refractivity (Wildman–Crippen MR) is 117 cm³/mol. The third-order valence-corrected chi connectivity index (χ3v) is 7.47. The first-order chi connectivity index (χ1) is 14.4. The molecule has 1 amide bonds. The highest BCUT2D eigenvalue weighted by Crippen LogP contribution is 2.24. The summed E-state index contributed by atoms with van der Waals surface area (Å²) in [6.07, 6.45) is 3.28. The average molecular weight is 431 g/mol. The lowest BCUT2D eigenvalue weighted by molar-refractivity contribution is 0.0953. The molecule has 2 aromatic carbocycles. The number of hydrogen-bond acceptors (Lipinski definition) is 4. The second kappa shape index (κ2) is 10.1. The number of ether oxygens (including phenoxy) is 1. The van der Waals surface area contributed by atoms with Gasteiger partial charge in [0.2, 0.25) is 10.0 Å². The van der Waals surface area contributed by atoms with Gasteiger partial charge in [0, 0.05) is 25.2 Å². The Hall–Kier alpha value is -2.38. The third kappa shape index (κ3) is 5.40. The fourth-order valence-corrected chi connectivity index (χ4v) is 5.18. The van der Waals surface area contributed by atoms with E-state index < -0.39 is 10.0 Å². The van der Waals surface area contributed by atoms with Gasteiger partial charge in [0.05, 0.1) is 12.0 Å². The van der Waals surface area contributed by atoms with Gasteiger partial charge in [-0.15, -0.1) is 0 Å². The van der Waals surface area contributed by atoms with Crippen LogP contribution in [0.15, 0.2) is 53.4 Å². The van der Waals surface area contributed by atoms with E-state index in [-0.39, 0.29) is 10.8 Å². The lowest BCUT2D eigenvalue weighted by Crippen LogP contribution is -2.38. The summed E-state index contributed by atoms with van der Waals surface area (Å²) >= 11 is 0. The van der Waals surface area contributed by atoms with Gasteiger partial charge in [0.25, 0.3) is 5.91 Å². The fraction of sp³-hybridized carbons (Fsp3) is 0.435. The van der Waals surface area contributed by atoms with E-state index in [0.717, 1.165) is 37.0 Å². The first-order valence-corrected chi connectivity index (χ1v) is 11.9. The third-order valence-electron chi connectivity index (χ3n) is 5.58. The van der Waals surface area contributed by atoms with Gasteiger partial charge in [0.1, 0.15) is 5.75 Å². The molecule has 1 saturated heterocycles. The molecule has 1 heterocycles. The Bertz CT molecular complexity index is 967. The van der Waals surface area contributed by atoms with Crippen LogP contribution in [-0.4, -0.2) is 45.4 Å². The van der Waals surface area contributed by atoms with E-state index in [1.165, 1.54) is 10.4 Å². The van der Waals surface area contributed by atoms with Gasteiger partial charge >= 0.3 is 0 Å².